The van der Waals surface area contributed by atoms with Crippen molar-refractivity contribution in [3.63, 3.8) is 0 Å². The molecule has 1 aliphatic heterocycles. The van der Waals surface area contributed by atoms with Gasteiger partial charge in [0.15, 0.2) is 0 Å². The van der Waals surface area contributed by atoms with Gasteiger partial charge in [-0.2, -0.15) is 11.8 Å². The number of aliphatic carboxylic acids is 1. The van der Waals surface area contributed by atoms with E-state index in [0.717, 1.165) is 18.6 Å². The van der Waals surface area contributed by atoms with Crippen LogP contribution in [0.1, 0.15) is 39.5 Å². The molecule has 5 nitrogen and oxygen atoms in total. The number of carbonyl (C=O) groups is 2. The van der Waals surface area contributed by atoms with Gasteiger partial charge in [0.25, 0.3) is 0 Å². The molecule has 1 saturated heterocycles. The molecule has 6 heteroatoms. The summed E-state index contributed by atoms with van der Waals surface area (Å²) in [7, 11) is 0. The molecule has 0 aromatic heterocycles. The molecule has 0 aliphatic carbocycles. The normalized spacial score (nSPS) is 24.6. The molecule has 1 unspecified atom stereocenters. The van der Waals surface area contributed by atoms with E-state index < -0.39 is 12.0 Å². The fourth-order valence-corrected chi connectivity index (χ4v) is 3.24. The Balaban J connectivity index is 2.33. The fourth-order valence-electron chi connectivity index (χ4n) is 2.00. The highest BCUT2D eigenvalue weighted by Crippen LogP contribution is 2.36. The minimum atomic E-state index is -0.978. The number of thioether (sulfide) groups is 1. The van der Waals surface area contributed by atoms with Crippen LogP contribution in [-0.4, -0.2) is 40.2 Å². The van der Waals surface area contributed by atoms with Crippen LogP contribution in [0.3, 0.4) is 0 Å². The summed E-state index contributed by atoms with van der Waals surface area (Å²) in [5.74, 6) is 0.154. The Bertz CT molecular complexity index is 304. The third-order valence-electron chi connectivity index (χ3n) is 3.10. The third-order valence-corrected chi connectivity index (χ3v) is 4.64. The van der Waals surface area contributed by atoms with Crippen LogP contribution in [0.5, 0.6) is 0 Å². The van der Waals surface area contributed by atoms with E-state index in [-0.39, 0.29) is 10.8 Å². The zero-order valence-electron chi connectivity index (χ0n) is 11.0. The minimum absolute atomic E-state index is 0.0980. The van der Waals surface area contributed by atoms with Crippen molar-refractivity contribution in [2.24, 2.45) is 0 Å². The van der Waals surface area contributed by atoms with Crippen LogP contribution in [0.4, 0.5) is 4.79 Å². The van der Waals surface area contributed by atoms with Gasteiger partial charge in [0.2, 0.25) is 0 Å². The second-order valence-electron chi connectivity index (χ2n) is 4.91. The van der Waals surface area contributed by atoms with E-state index in [2.05, 4.69) is 17.6 Å². The first-order chi connectivity index (χ1) is 8.47. The van der Waals surface area contributed by atoms with E-state index in [1.165, 1.54) is 6.42 Å². The Hall–Kier alpha value is -0.910. The van der Waals surface area contributed by atoms with Gasteiger partial charge in [-0.1, -0.05) is 13.3 Å². The van der Waals surface area contributed by atoms with Gasteiger partial charge < -0.3 is 15.7 Å². The van der Waals surface area contributed by atoms with E-state index in [1.54, 1.807) is 0 Å². The van der Waals surface area contributed by atoms with Crippen molar-refractivity contribution >= 4 is 23.8 Å². The van der Waals surface area contributed by atoms with E-state index in [4.69, 9.17) is 5.11 Å². The highest BCUT2D eigenvalue weighted by atomic mass is 32.2. The lowest BCUT2D eigenvalue weighted by Gasteiger charge is -2.23. The molecule has 3 N–H and O–H groups in total. The van der Waals surface area contributed by atoms with Gasteiger partial charge in [-0.05, 0) is 31.9 Å². The summed E-state index contributed by atoms with van der Waals surface area (Å²) in [5, 5.41) is 14.2. The highest BCUT2D eigenvalue weighted by molar-refractivity contribution is 8.00. The largest absolute Gasteiger partial charge is 0.480 e. The second-order valence-corrected chi connectivity index (χ2v) is 6.59. The lowest BCUT2D eigenvalue weighted by atomic mass is 10.1. The number of carboxylic acid groups (broad SMARTS) is 1. The molecule has 0 radical (unpaired) electrons. The Morgan fingerprint density at radius 2 is 2.22 bits per heavy atom. The van der Waals surface area contributed by atoms with E-state index in [1.807, 2.05) is 18.7 Å². The molecular formula is C12H22N2O3S. The van der Waals surface area contributed by atoms with Crippen molar-refractivity contribution in [3.8, 4) is 0 Å². The van der Waals surface area contributed by atoms with Crippen molar-refractivity contribution < 1.29 is 14.7 Å². The van der Waals surface area contributed by atoms with Crippen LogP contribution in [-0.2, 0) is 4.79 Å². The monoisotopic (exact) mass is 274 g/mol. The molecule has 0 spiro atoms. The second kappa shape index (κ2) is 6.87. The smallest absolute Gasteiger partial charge is 0.326 e. The average Bonchev–Trinajstić information content (AvgIpc) is 2.73. The third kappa shape index (κ3) is 4.76. The summed E-state index contributed by atoms with van der Waals surface area (Å²) in [6, 6.07) is -1.18. The Morgan fingerprint density at radius 1 is 1.50 bits per heavy atom. The maximum absolute atomic E-state index is 11.6. The molecule has 2 atom stereocenters. The number of rotatable bonds is 6. The van der Waals surface area contributed by atoms with Gasteiger partial charge in [0.05, 0.1) is 0 Å². The van der Waals surface area contributed by atoms with Crippen molar-refractivity contribution in [2.75, 3.05) is 12.3 Å². The Labute approximate surface area is 112 Å². The average molecular weight is 274 g/mol. The predicted octanol–water partition coefficient (Wildman–Crippen LogP) is 1.82. The molecule has 1 aliphatic rings. The van der Waals surface area contributed by atoms with Crippen molar-refractivity contribution in [1.82, 2.24) is 10.6 Å². The van der Waals surface area contributed by atoms with Crippen LogP contribution >= 0.6 is 11.8 Å². The van der Waals surface area contributed by atoms with E-state index in [0.29, 0.717) is 13.0 Å². The lowest BCUT2D eigenvalue weighted by Crippen LogP contribution is -2.48. The zero-order chi connectivity index (χ0) is 13.6. The molecule has 0 saturated carbocycles. The van der Waals surface area contributed by atoms with E-state index >= 15 is 0 Å². The number of nitrogens with one attached hydrogen (secondary N) is 2. The van der Waals surface area contributed by atoms with Crippen LogP contribution < -0.4 is 10.6 Å². The van der Waals surface area contributed by atoms with Crippen molar-refractivity contribution in [1.29, 1.82) is 0 Å². The van der Waals surface area contributed by atoms with Gasteiger partial charge in [0, 0.05) is 11.3 Å². The minimum Gasteiger partial charge on any atom is -0.480 e. The molecule has 2 amide bonds. The first-order valence-electron chi connectivity index (χ1n) is 6.38. The number of carbonyl (C=O) groups excluding carboxylic acids is 1. The molecule has 0 aromatic rings. The quantitative estimate of drug-likeness (QED) is 0.690. The summed E-state index contributed by atoms with van der Waals surface area (Å²) in [5.41, 5.74) is 0. The number of hydrogen-bond donors (Lipinski definition) is 3. The Morgan fingerprint density at radius 3 is 2.72 bits per heavy atom. The van der Waals surface area contributed by atoms with Crippen LogP contribution in [0, 0.1) is 0 Å². The van der Waals surface area contributed by atoms with Gasteiger partial charge in [-0.3, -0.25) is 0 Å². The molecule has 104 valence electrons. The zero-order valence-corrected chi connectivity index (χ0v) is 11.8. The van der Waals surface area contributed by atoms with Gasteiger partial charge in [-0.25, -0.2) is 9.59 Å². The molecule has 1 fully saturated rings. The number of hydrogen-bond acceptors (Lipinski definition) is 3. The maximum atomic E-state index is 11.6. The first kappa shape index (κ1) is 15.1. The van der Waals surface area contributed by atoms with E-state index in [9.17, 15) is 9.59 Å². The standard InChI is InChI=1S/C12H22N2O3S/c1-3-5-9(10(15)16)14-11(17)13-8-12(2)6-4-7-18-12/h9H,3-8H2,1-2H3,(H,15,16)(H2,13,14,17)/t9-,12?/m0/s1. The molecule has 1 rings (SSSR count). The topological polar surface area (TPSA) is 78.4 Å². The highest BCUT2D eigenvalue weighted by Gasteiger charge is 2.30. The summed E-state index contributed by atoms with van der Waals surface area (Å²) in [4.78, 5) is 22.5. The molecule has 0 aromatic carbocycles. The molecule has 1 heterocycles. The number of amides is 2. The summed E-state index contributed by atoms with van der Waals surface area (Å²) in [6.07, 6.45) is 3.45. The SMILES string of the molecule is CCC[C@H](NC(=O)NCC1(C)CCCS1)C(=O)O. The maximum Gasteiger partial charge on any atom is 0.326 e. The van der Waals surface area contributed by atoms with Crippen LogP contribution in [0.25, 0.3) is 0 Å². The lowest BCUT2D eigenvalue weighted by molar-refractivity contribution is -0.139. The molecule has 18 heavy (non-hydrogen) atoms. The summed E-state index contributed by atoms with van der Waals surface area (Å²) < 4.78 is 0.0980. The summed E-state index contributed by atoms with van der Waals surface area (Å²) in [6.45, 7) is 4.61. The van der Waals surface area contributed by atoms with Gasteiger partial charge in [0.1, 0.15) is 6.04 Å². The fraction of sp³-hybridized carbons (Fsp3) is 0.833. The Kier molecular flexibility index (Phi) is 5.78. The molecular weight excluding hydrogens is 252 g/mol. The van der Waals surface area contributed by atoms with Crippen molar-refractivity contribution in [2.45, 2.75) is 50.3 Å². The number of carboxylic acids is 1. The molecule has 0 bridgehead atoms. The summed E-state index contributed by atoms with van der Waals surface area (Å²) >= 11 is 1.86. The van der Waals surface area contributed by atoms with Gasteiger partial charge >= 0.3 is 12.0 Å². The predicted molar refractivity (Wildman–Crippen MR) is 73.0 cm³/mol. The van der Waals surface area contributed by atoms with Crippen LogP contribution in [0.15, 0.2) is 0 Å². The van der Waals surface area contributed by atoms with Crippen molar-refractivity contribution in [3.05, 3.63) is 0 Å². The first-order valence-corrected chi connectivity index (χ1v) is 7.36. The van der Waals surface area contributed by atoms with Gasteiger partial charge in [-0.15, -0.1) is 0 Å². The van der Waals surface area contributed by atoms with Crippen LogP contribution in [0.2, 0.25) is 0 Å². The number of urea groups is 1.